The molecule has 6 amide bonds. The lowest BCUT2D eigenvalue weighted by molar-refractivity contribution is -0.120. The number of amides is 6. The third-order valence-corrected chi connectivity index (χ3v) is 15.6. The normalized spacial score (nSPS) is 15.4. The van der Waals surface area contributed by atoms with Crippen molar-refractivity contribution < 1.29 is 28.8 Å². The first-order valence-corrected chi connectivity index (χ1v) is 21.0. The Kier molecular flexibility index (Phi) is 20.6. The van der Waals surface area contributed by atoms with E-state index in [1.807, 2.05) is 0 Å². The van der Waals surface area contributed by atoms with Gasteiger partial charge in [-0.05, 0) is 41.5 Å². The third kappa shape index (κ3) is 16.1. The van der Waals surface area contributed by atoms with Crippen molar-refractivity contribution >= 4 is 58.0 Å². The van der Waals surface area contributed by atoms with Gasteiger partial charge in [-0.3, -0.25) is 28.8 Å². The van der Waals surface area contributed by atoms with Gasteiger partial charge in [0.05, 0.1) is 39.3 Å². The highest BCUT2D eigenvalue weighted by Crippen LogP contribution is 2.70. The number of carbonyl (C=O) groups is 6. The highest BCUT2D eigenvalue weighted by molar-refractivity contribution is 7.83. The summed E-state index contributed by atoms with van der Waals surface area (Å²) < 4.78 is 14.9. The Morgan fingerprint density at radius 2 is 0.479 bits per heavy atom. The molecule has 1 heterocycles. The number of hydrogen-bond acceptors (Lipinski definition) is 15. The van der Waals surface area contributed by atoms with E-state index in [1.54, 1.807) is 41.5 Å². The second kappa shape index (κ2) is 22.8. The molecule has 12 N–H and O–H groups in total. The number of carbonyl (C=O) groups excluding carboxylic acids is 6. The van der Waals surface area contributed by atoms with Gasteiger partial charge in [-0.15, -0.1) is 0 Å². The smallest absolute Gasteiger partial charge is 0.234 e. The van der Waals surface area contributed by atoms with Gasteiger partial charge in [-0.1, -0.05) is 0 Å². The van der Waals surface area contributed by atoms with Crippen LogP contribution >= 0.6 is 22.5 Å². The molecule has 1 rings (SSSR count). The van der Waals surface area contributed by atoms with E-state index in [-0.39, 0.29) is 39.3 Å². The number of nitrogens with one attached hydrogen (secondary N) is 12. The second-order valence-corrected chi connectivity index (χ2v) is 17.5. The maximum Gasteiger partial charge on any atom is 0.234 e. The summed E-state index contributed by atoms with van der Waals surface area (Å²) in [7, 11) is -10.9. The number of rotatable bonds is 24. The Bertz CT molecular complexity index is 1050. The van der Waals surface area contributed by atoms with E-state index in [4.69, 9.17) is 13.5 Å². The van der Waals surface area contributed by atoms with Crippen LogP contribution < -0.4 is 62.4 Å². The predicted molar refractivity (Wildman–Crippen MR) is 188 cm³/mol. The van der Waals surface area contributed by atoms with Crippen LogP contribution in [0, 0.1) is 0 Å². The molecule has 0 radical (unpaired) electrons. The summed E-state index contributed by atoms with van der Waals surface area (Å²) in [5, 5.41) is 34.7. The highest BCUT2D eigenvalue weighted by atomic mass is 31.3. The summed E-state index contributed by atoms with van der Waals surface area (Å²) in [5.41, 5.74) is 0. The van der Waals surface area contributed by atoms with E-state index in [1.165, 1.54) is 0 Å². The minimum atomic E-state index is -3.63. The van der Waals surface area contributed by atoms with Crippen molar-refractivity contribution in [1.82, 2.24) is 62.4 Å². The molecule has 48 heavy (non-hydrogen) atoms. The van der Waals surface area contributed by atoms with E-state index in [0.29, 0.717) is 39.3 Å². The minimum Gasteiger partial charge on any atom is -0.355 e. The number of nitrogens with zero attached hydrogens (tertiary/aromatic N) is 3. The zero-order valence-electron chi connectivity index (χ0n) is 28.6. The van der Waals surface area contributed by atoms with Crippen LogP contribution in [0.3, 0.4) is 0 Å². The number of likely N-dealkylation sites (N-methyl/N-ethyl adjacent to an activating group) is 6. The molecule has 0 aromatic rings. The molecule has 0 unspecified atom stereocenters. The van der Waals surface area contributed by atoms with Gasteiger partial charge in [0, 0.05) is 39.3 Å². The van der Waals surface area contributed by atoms with Crippen LogP contribution in [-0.2, 0) is 28.8 Å². The first kappa shape index (κ1) is 43.3. The molecule has 0 saturated carbocycles. The first-order chi connectivity index (χ1) is 22.8. The van der Waals surface area contributed by atoms with Gasteiger partial charge in [0.2, 0.25) is 58.0 Å². The Morgan fingerprint density at radius 3 is 0.604 bits per heavy atom. The lowest BCUT2D eigenvalue weighted by atomic mass is 10.6. The fraction of sp³-hybridized carbons (Fsp3) is 0.750. The molecule has 0 saturated heterocycles. The summed E-state index contributed by atoms with van der Waals surface area (Å²) in [6.45, 7) is 10.8. The van der Waals surface area contributed by atoms with Crippen LogP contribution in [0.5, 0.6) is 0 Å². The van der Waals surface area contributed by atoms with Crippen molar-refractivity contribution in [3.05, 3.63) is 0 Å². The second-order valence-electron chi connectivity index (χ2n) is 9.80. The molecule has 0 fully saturated rings. The van der Waals surface area contributed by atoms with Crippen molar-refractivity contribution in [2.45, 2.75) is 41.5 Å². The zero-order valence-corrected chi connectivity index (χ0v) is 31.3. The molecule has 1 aliphatic rings. The molecule has 0 bridgehead atoms. The largest absolute Gasteiger partial charge is 0.355 e. The lowest BCUT2D eigenvalue weighted by Crippen LogP contribution is -2.42. The van der Waals surface area contributed by atoms with Crippen molar-refractivity contribution in [1.29, 1.82) is 0 Å². The van der Waals surface area contributed by atoms with Crippen LogP contribution in [-0.4, -0.2) is 114 Å². The maximum atomic E-state index is 12.7. The quantitative estimate of drug-likeness (QED) is 0.0488. The van der Waals surface area contributed by atoms with Crippen LogP contribution in [0.15, 0.2) is 13.5 Å². The van der Waals surface area contributed by atoms with Gasteiger partial charge in [-0.25, -0.2) is 30.5 Å². The average molecular weight is 742 g/mol. The van der Waals surface area contributed by atoms with Crippen LogP contribution in [0.2, 0.25) is 0 Å². The zero-order chi connectivity index (χ0) is 36.1. The Morgan fingerprint density at radius 1 is 0.333 bits per heavy atom. The Labute approximate surface area is 282 Å². The SMILES string of the molecule is CCNC(=O)CNP1(NCC(=O)NCC)=NP(NCC(=O)NCC)(NCC(=O)NCC)=NP(NCC(=O)NCC)(NCC(=O)NCC)=N1. The van der Waals surface area contributed by atoms with Gasteiger partial charge in [0.1, 0.15) is 0 Å². The van der Waals surface area contributed by atoms with Crippen LogP contribution in [0.4, 0.5) is 0 Å². The maximum absolute atomic E-state index is 12.7. The summed E-state index contributed by atoms with van der Waals surface area (Å²) in [5.74, 6) is -2.37. The van der Waals surface area contributed by atoms with Crippen LogP contribution in [0.25, 0.3) is 0 Å². The molecule has 0 aromatic carbocycles. The molecule has 1 aliphatic heterocycles. The van der Waals surface area contributed by atoms with Crippen molar-refractivity contribution in [2.75, 3.05) is 78.5 Å². The predicted octanol–water partition coefficient (Wildman–Crippen LogP) is -1.81. The topological polar surface area (TPSA) is 284 Å². The molecular weight excluding hydrogens is 687 g/mol. The molecule has 24 heteroatoms. The summed E-state index contributed by atoms with van der Waals surface area (Å²) in [4.78, 5) is 76.3. The average Bonchev–Trinajstić information content (AvgIpc) is 3.04. The van der Waals surface area contributed by atoms with Crippen LogP contribution in [0.1, 0.15) is 41.5 Å². The van der Waals surface area contributed by atoms with Gasteiger partial charge < -0.3 is 31.9 Å². The fourth-order valence-electron chi connectivity index (χ4n) is 3.81. The van der Waals surface area contributed by atoms with E-state index in [9.17, 15) is 28.8 Å². The van der Waals surface area contributed by atoms with E-state index in [2.05, 4.69) is 62.4 Å². The van der Waals surface area contributed by atoms with Crippen molar-refractivity contribution in [2.24, 2.45) is 13.5 Å². The molecule has 21 nitrogen and oxygen atoms in total. The molecule has 276 valence electrons. The number of hydrogen-bond donors (Lipinski definition) is 12. The fourth-order valence-corrected chi connectivity index (χ4v) is 15.3. The standard InChI is InChI=1S/C24H54N15O6P3/c1-7-25-19(40)13-31-46(32-14-20(41)26-8-2)37-47(33-15-21(42)27-9-3,34-16-22(43)28-10-4)39-48(38-46,35-17-23(44)29-11-5)36-18-24(45)30-12-6/h31-36H,7-18H2,1-6H3,(H,25,40)(H,26,41)(H,27,42)(H,28,43)(H,29,44)(H,30,45). The summed E-state index contributed by atoms with van der Waals surface area (Å²) >= 11 is 0. The third-order valence-electron chi connectivity index (χ3n) is 5.78. The summed E-state index contributed by atoms with van der Waals surface area (Å²) in [6, 6.07) is 0. The monoisotopic (exact) mass is 741 g/mol. The molecule has 0 aromatic heterocycles. The minimum absolute atomic E-state index is 0.295. The Hall–Kier alpha value is -2.73. The molecule has 0 spiro atoms. The van der Waals surface area contributed by atoms with E-state index >= 15 is 0 Å². The van der Waals surface area contributed by atoms with E-state index < -0.39 is 58.0 Å². The first-order valence-electron chi connectivity index (χ1n) is 15.9. The van der Waals surface area contributed by atoms with E-state index in [0.717, 1.165) is 0 Å². The van der Waals surface area contributed by atoms with Gasteiger partial charge in [-0.2, -0.15) is 13.5 Å². The summed E-state index contributed by atoms with van der Waals surface area (Å²) in [6.07, 6.45) is 0. The molecular formula is C24H54N15O6P3. The Balaban J connectivity index is 4.14. The van der Waals surface area contributed by atoms with Crippen molar-refractivity contribution in [3.8, 4) is 0 Å². The van der Waals surface area contributed by atoms with Gasteiger partial charge >= 0.3 is 0 Å². The molecule has 0 atom stereocenters. The van der Waals surface area contributed by atoms with Crippen molar-refractivity contribution in [3.63, 3.8) is 0 Å². The van der Waals surface area contributed by atoms with Gasteiger partial charge in [0.25, 0.3) is 0 Å². The lowest BCUT2D eigenvalue weighted by Gasteiger charge is -2.37. The molecule has 0 aliphatic carbocycles. The van der Waals surface area contributed by atoms with Gasteiger partial charge in [0.15, 0.2) is 0 Å². The highest BCUT2D eigenvalue weighted by Gasteiger charge is 2.39.